The van der Waals surface area contributed by atoms with Gasteiger partial charge < -0.3 is 0 Å². The van der Waals surface area contributed by atoms with E-state index in [9.17, 15) is 21.6 Å². The second-order valence-corrected chi connectivity index (χ2v) is 5.12. The first-order chi connectivity index (χ1) is 6.35. The lowest BCUT2D eigenvalue weighted by molar-refractivity contribution is 0.234. The van der Waals surface area contributed by atoms with Gasteiger partial charge in [-0.2, -0.15) is 8.78 Å². The van der Waals surface area contributed by atoms with E-state index >= 15 is 0 Å². The molecule has 0 spiro atoms. The molecule has 0 fully saturated rings. The normalized spacial score (nSPS) is 12.1. The fraction of sp³-hybridized carbons (Fsp3) is 0.143. The van der Waals surface area contributed by atoms with Gasteiger partial charge in [0.2, 0.25) is 9.84 Å². The van der Waals surface area contributed by atoms with E-state index in [1.54, 1.807) is 0 Å². The molecule has 0 atom stereocenters. The van der Waals surface area contributed by atoms with E-state index in [2.05, 4.69) is 15.9 Å². The molecule has 0 radical (unpaired) electrons. The zero-order valence-corrected chi connectivity index (χ0v) is 8.95. The summed E-state index contributed by atoms with van der Waals surface area (Å²) in [6, 6.07) is 2.57. The Morgan fingerprint density at radius 2 is 1.86 bits per heavy atom. The van der Waals surface area contributed by atoms with E-state index in [0.29, 0.717) is 6.07 Å². The molecule has 0 aliphatic carbocycles. The Morgan fingerprint density at radius 3 is 2.36 bits per heavy atom. The van der Waals surface area contributed by atoms with E-state index < -0.39 is 26.3 Å². The van der Waals surface area contributed by atoms with Crippen molar-refractivity contribution in [1.29, 1.82) is 0 Å². The molecule has 1 aromatic rings. The first kappa shape index (κ1) is 11.5. The highest BCUT2D eigenvalue weighted by Gasteiger charge is 2.28. The predicted octanol–water partition coefficient (Wildman–Crippen LogP) is 2.58. The van der Waals surface area contributed by atoms with Crippen LogP contribution in [0.15, 0.2) is 27.6 Å². The Kier molecular flexibility index (Phi) is 3.20. The lowest BCUT2D eigenvalue weighted by Gasteiger charge is -2.04. The summed E-state index contributed by atoms with van der Waals surface area (Å²) in [7, 11) is -4.75. The quantitative estimate of drug-likeness (QED) is 0.838. The van der Waals surface area contributed by atoms with Crippen molar-refractivity contribution in [1.82, 2.24) is 0 Å². The van der Waals surface area contributed by atoms with Crippen LogP contribution in [-0.4, -0.2) is 14.2 Å². The maximum atomic E-state index is 12.6. The molecule has 78 valence electrons. The van der Waals surface area contributed by atoms with E-state index in [1.165, 1.54) is 0 Å². The van der Waals surface area contributed by atoms with Crippen molar-refractivity contribution in [3.63, 3.8) is 0 Å². The highest BCUT2D eigenvalue weighted by Crippen LogP contribution is 2.26. The first-order valence-electron chi connectivity index (χ1n) is 3.33. The van der Waals surface area contributed by atoms with Gasteiger partial charge in [-0.15, -0.1) is 0 Å². The summed E-state index contributed by atoms with van der Waals surface area (Å²) in [6.45, 7) is 0. The van der Waals surface area contributed by atoms with Gasteiger partial charge >= 0.3 is 5.76 Å². The Bertz CT molecular complexity index is 444. The van der Waals surface area contributed by atoms with Crippen LogP contribution < -0.4 is 0 Å². The largest absolute Gasteiger partial charge is 0.341 e. The number of hydrogen-bond acceptors (Lipinski definition) is 2. The minimum atomic E-state index is -4.75. The van der Waals surface area contributed by atoms with Crippen LogP contribution in [-0.2, 0) is 9.84 Å². The van der Waals surface area contributed by atoms with Crippen molar-refractivity contribution >= 4 is 25.8 Å². The zero-order valence-electron chi connectivity index (χ0n) is 6.55. The van der Waals surface area contributed by atoms with E-state index in [0.717, 1.165) is 12.1 Å². The van der Waals surface area contributed by atoms with E-state index in [1.807, 2.05) is 0 Å². The Hall–Kier alpha value is -0.560. The van der Waals surface area contributed by atoms with Gasteiger partial charge in [0.1, 0.15) is 5.82 Å². The minimum absolute atomic E-state index is 0.0841. The molecule has 1 aromatic carbocycles. The summed E-state index contributed by atoms with van der Waals surface area (Å²) in [4.78, 5) is -0.743. The van der Waals surface area contributed by atoms with Crippen LogP contribution in [0.1, 0.15) is 0 Å². The van der Waals surface area contributed by atoms with Crippen molar-refractivity contribution in [2.24, 2.45) is 0 Å². The standard InChI is InChI=1S/C7H4BrF3O2S/c8-5-2-1-4(9)3-6(5)14(12,13)7(10)11/h1-3,7H. The number of hydrogen-bond donors (Lipinski definition) is 0. The second-order valence-electron chi connectivity index (χ2n) is 2.38. The van der Waals surface area contributed by atoms with E-state index in [-0.39, 0.29) is 4.47 Å². The Morgan fingerprint density at radius 1 is 1.29 bits per heavy atom. The first-order valence-corrected chi connectivity index (χ1v) is 5.66. The summed E-state index contributed by atoms with van der Waals surface area (Å²) >= 11 is 2.76. The number of sulfone groups is 1. The molecular formula is C7H4BrF3O2S. The van der Waals surface area contributed by atoms with Gasteiger partial charge in [-0.1, -0.05) is 0 Å². The van der Waals surface area contributed by atoms with Crippen LogP contribution in [0, 0.1) is 5.82 Å². The molecule has 0 saturated carbocycles. The predicted molar refractivity (Wildman–Crippen MR) is 47.3 cm³/mol. The van der Waals surface area contributed by atoms with E-state index in [4.69, 9.17) is 0 Å². The van der Waals surface area contributed by atoms with Gasteiger partial charge in [-0.3, -0.25) is 0 Å². The molecule has 0 amide bonds. The monoisotopic (exact) mass is 288 g/mol. The summed E-state index contributed by atoms with van der Waals surface area (Å²) in [5, 5.41) is 0. The summed E-state index contributed by atoms with van der Waals surface area (Å²) in [6.07, 6.45) is 0. The second kappa shape index (κ2) is 3.90. The van der Waals surface area contributed by atoms with Crippen molar-refractivity contribution in [3.05, 3.63) is 28.5 Å². The van der Waals surface area contributed by atoms with Crippen LogP contribution in [0.2, 0.25) is 0 Å². The summed E-state index contributed by atoms with van der Waals surface area (Å²) in [5.74, 6) is -4.44. The summed E-state index contributed by atoms with van der Waals surface area (Å²) < 4.78 is 58.6. The average Bonchev–Trinajstić information content (AvgIpc) is 2.08. The smallest absolute Gasteiger partial charge is 0.218 e. The molecular weight excluding hydrogens is 285 g/mol. The lowest BCUT2D eigenvalue weighted by atomic mass is 10.3. The van der Waals surface area contributed by atoms with Crippen molar-refractivity contribution in [2.45, 2.75) is 10.7 Å². The van der Waals surface area contributed by atoms with Gasteiger partial charge in [0, 0.05) is 4.47 Å². The highest BCUT2D eigenvalue weighted by molar-refractivity contribution is 9.10. The SMILES string of the molecule is O=S(=O)(c1cc(F)ccc1Br)C(F)F. The molecule has 0 N–H and O–H groups in total. The van der Waals surface area contributed by atoms with Gasteiger partial charge in [0.05, 0.1) is 4.90 Å². The van der Waals surface area contributed by atoms with Crippen LogP contribution in [0.3, 0.4) is 0 Å². The third-order valence-corrected chi connectivity index (χ3v) is 3.81. The van der Waals surface area contributed by atoms with Gasteiger partial charge in [0.15, 0.2) is 0 Å². The van der Waals surface area contributed by atoms with Gasteiger partial charge in [-0.25, -0.2) is 12.8 Å². The number of benzene rings is 1. The topological polar surface area (TPSA) is 34.1 Å². The molecule has 0 aliphatic rings. The number of alkyl halides is 2. The fourth-order valence-corrected chi connectivity index (χ4v) is 2.52. The van der Waals surface area contributed by atoms with Gasteiger partial charge in [-0.05, 0) is 34.1 Å². The zero-order chi connectivity index (χ0) is 10.9. The average molecular weight is 289 g/mol. The number of halogens is 4. The van der Waals surface area contributed by atoms with Crippen molar-refractivity contribution < 1.29 is 21.6 Å². The van der Waals surface area contributed by atoms with Gasteiger partial charge in [0.25, 0.3) is 0 Å². The molecule has 0 aromatic heterocycles. The maximum Gasteiger partial charge on any atom is 0.341 e. The Labute approximate surface area is 86.8 Å². The van der Waals surface area contributed by atoms with Crippen LogP contribution in [0.25, 0.3) is 0 Å². The molecule has 1 rings (SSSR count). The van der Waals surface area contributed by atoms with Crippen molar-refractivity contribution in [2.75, 3.05) is 0 Å². The third-order valence-electron chi connectivity index (χ3n) is 1.43. The fourth-order valence-electron chi connectivity index (χ4n) is 0.791. The maximum absolute atomic E-state index is 12.6. The molecule has 0 heterocycles. The molecule has 0 saturated heterocycles. The Balaban J connectivity index is 3.40. The van der Waals surface area contributed by atoms with Crippen LogP contribution in [0.4, 0.5) is 13.2 Å². The summed E-state index contributed by atoms with van der Waals surface area (Å²) in [5.41, 5.74) is 0. The van der Waals surface area contributed by atoms with Crippen molar-refractivity contribution in [3.8, 4) is 0 Å². The molecule has 14 heavy (non-hydrogen) atoms. The molecule has 0 aliphatic heterocycles. The molecule has 0 unspecified atom stereocenters. The lowest BCUT2D eigenvalue weighted by Crippen LogP contribution is -2.12. The molecule has 0 bridgehead atoms. The molecule has 7 heteroatoms. The minimum Gasteiger partial charge on any atom is -0.218 e. The van der Waals surface area contributed by atoms with Crippen LogP contribution >= 0.6 is 15.9 Å². The number of rotatable bonds is 2. The highest BCUT2D eigenvalue weighted by atomic mass is 79.9. The van der Waals surface area contributed by atoms with Crippen LogP contribution in [0.5, 0.6) is 0 Å². The third kappa shape index (κ3) is 2.09. The molecule has 2 nitrogen and oxygen atoms in total.